The summed E-state index contributed by atoms with van der Waals surface area (Å²) in [5.74, 6) is 0.846. The normalized spacial score (nSPS) is 12.4. The standard InChI is InChI=1S/C16H28N4.HI/c1-4-5-6-7-10-14(2)20-16(17-3)19-13-15-11-8-9-12-18-15;/h8-9,11-12,14H,4-7,10,13H2,1-3H3,(H2,17,19,20);1H. The minimum Gasteiger partial charge on any atom is -0.354 e. The van der Waals surface area contributed by atoms with Crippen LogP contribution in [0.25, 0.3) is 0 Å². The first-order valence-corrected chi connectivity index (χ1v) is 7.63. The van der Waals surface area contributed by atoms with Crippen LogP contribution in [0.3, 0.4) is 0 Å². The lowest BCUT2D eigenvalue weighted by Gasteiger charge is -2.17. The van der Waals surface area contributed by atoms with Crippen LogP contribution in [-0.4, -0.2) is 24.0 Å². The molecule has 120 valence electrons. The largest absolute Gasteiger partial charge is 0.354 e. The smallest absolute Gasteiger partial charge is 0.191 e. The fraction of sp³-hybridized carbons (Fsp3) is 0.625. The molecule has 0 saturated carbocycles. The predicted molar refractivity (Wildman–Crippen MR) is 101 cm³/mol. The number of nitrogens with one attached hydrogen (secondary N) is 2. The molecule has 1 rings (SSSR count). The molecule has 2 N–H and O–H groups in total. The molecule has 21 heavy (non-hydrogen) atoms. The topological polar surface area (TPSA) is 49.3 Å². The summed E-state index contributed by atoms with van der Waals surface area (Å²) in [5, 5.41) is 6.72. The van der Waals surface area contributed by atoms with E-state index in [0.717, 1.165) is 11.7 Å². The zero-order valence-corrected chi connectivity index (χ0v) is 15.8. The van der Waals surface area contributed by atoms with Gasteiger partial charge in [-0.15, -0.1) is 24.0 Å². The van der Waals surface area contributed by atoms with Gasteiger partial charge < -0.3 is 10.6 Å². The number of aliphatic imine (C=N–C) groups is 1. The number of unbranched alkanes of at least 4 members (excludes halogenated alkanes) is 3. The second-order valence-corrected chi connectivity index (χ2v) is 5.14. The van der Waals surface area contributed by atoms with Crippen LogP contribution in [0, 0.1) is 0 Å². The Bertz CT molecular complexity index is 381. The first kappa shape index (κ1) is 20.1. The first-order chi connectivity index (χ1) is 9.76. The van der Waals surface area contributed by atoms with E-state index >= 15 is 0 Å². The van der Waals surface area contributed by atoms with E-state index in [9.17, 15) is 0 Å². The lowest BCUT2D eigenvalue weighted by Crippen LogP contribution is -2.41. The van der Waals surface area contributed by atoms with Crippen LogP contribution >= 0.6 is 24.0 Å². The molecule has 1 atom stereocenters. The summed E-state index contributed by atoms with van der Waals surface area (Å²) in [6, 6.07) is 6.38. The highest BCUT2D eigenvalue weighted by Crippen LogP contribution is 2.05. The van der Waals surface area contributed by atoms with Gasteiger partial charge in [0.25, 0.3) is 0 Å². The Labute approximate surface area is 146 Å². The maximum absolute atomic E-state index is 4.29. The summed E-state index contributed by atoms with van der Waals surface area (Å²) in [6.07, 6.45) is 8.21. The molecule has 0 fully saturated rings. The molecule has 0 amide bonds. The Balaban J connectivity index is 0.00000400. The lowest BCUT2D eigenvalue weighted by molar-refractivity contribution is 0.537. The summed E-state index contributed by atoms with van der Waals surface area (Å²) in [6.45, 7) is 5.15. The average Bonchev–Trinajstić information content (AvgIpc) is 2.49. The van der Waals surface area contributed by atoms with Crippen molar-refractivity contribution in [1.29, 1.82) is 0 Å². The van der Waals surface area contributed by atoms with Gasteiger partial charge in [0.2, 0.25) is 0 Å². The van der Waals surface area contributed by atoms with Crippen molar-refractivity contribution in [3.05, 3.63) is 30.1 Å². The van der Waals surface area contributed by atoms with Gasteiger partial charge in [0, 0.05) is 19.3 Å². The van der Waals surface area contributed by atoms with E-state index in [0.29, 0.717) is 12.6 Å². The number of aromatic nitrogens is 1. The number of hydrogen-bond acceptors (Lipinski definition) is 2. The Morgan fingerprint density at radius 1 is 1.29 bits per heavy atom. The SMILES string of the molecule is CCCCCCC(C)NC(=NC)NCc1ccccn1.I. The molecule has 1 unspecified atom stereocenters. The van der Waals surface area contributed by atoms with Crippen molar-refractivity contribution in [2.24, 2.45) is 4.99 Å². The van der Waals surface area contributed by atoms with Gasteiger partial charge in [-0.2, -0.15) is 0 Å². The van der Waals surface area contributed by atoms with Crippen LogP contribution in [0.1, 0.15) is 51.6 Å². The number of guanidine groups is 1. The van der Waals surface area contributed by atoms with E-state index in [1.165, 1.54) is 32.1 Å². The van der Waals surface area contributed by atoms with E-state index in [4.69, 9.17) is 0 Å². The second-order valence-electron chi connectivity index (χ2n) is 5.14. The minimum absolute atomic E-state index is 0. The number of rotatable bonds is 8. The van der Waals surface area contributed by atoms with E-state index in [2.05, 4.69) is 34.5 Å². The van der Waals surface area contributed by atoms with Gasteiger partial charge in [0.05, 0.1) is 12.2 Å². The molecule has 0 radical (unpaired) electrons. The number of nitrogens with zero attached hydrogens (tertiary/aromatic N) is 2. The molecule has 1 aromatic rings. The van der Waals surface area contributed by atoms with E-state index in [-0.39, 0.29) is 24.0 Å². The van der Waals surface area contributed by atoms with Crippen molar-refractivity contribution >= 4 is 29.9 Å². The highest BCUT2D eigenvalue weighted by atomic mass is 127. The van der Waals surface area contributed by atoms with Crippen LogP contribution in [-0.2, 0) is 6.54 Å². The molecule has 5 heteroatoms. The molecule has 0 aliphatic carbocycles. The molecular formula is C16H29IN4. The van der Waals surface area contributed by atoms with Gasteiger partial charge in [-0.05, 0) is 25.5 Å². The van der Waals surface area contributed by atoms with Crippen molar-refractivity contribution in [2.75, 3.05) is 7.05 Å². The van der Waals surface area contributed by atoms with Crippen LogP contribution < -0.4 is 10.6 Å². The Morgan fingerprint density at radius 2 is 2.10 bits per heavy atom. The highest BCUT2D eigenvalue weighted by molar-refractivity contribution is 14.0. The number of halogens is 1. The second kappa shape index (κ2) is 12.9. The van der Waals surface area contributed by atoms with Gasteiger partial charge in [0.15, 0.2) is 5.96 Å². The van der Waals surface area contributed by atoms with Crippen molar-refractivity contribution < 1.29 is 0 Å². The van der Waals surface area contributed by atoms with Crippen LogP contribution in [0.15, 0.2) is 29.4 Å². The minimum atomic E-state index is 0. The van der Waals surface area contributed by atoms with Crippen molar-refractivity contribution in [2.45, 2.75) is 58.5 Å². The van der Waals surface area contributed by atoms with Crippen molar-refractivity contribution in [3.8, 4) is 0 Å². The van der Waals surface area contributed by atoms with Gasteiger partial charge in [0.1, 0.15) is 0 Å². The third kappa shape index (κ3) is 9.66. The molecule has 1 heterocycles. The molecule has 0 aromatic carbocycles. The van der Waals surface area contributed by atoms with Gasteiger partial charge >= 0.3 is 0 Å². The maximum Gasteiger partial charge on any atom is 0.191 e. The molecular weight excluding hydrogens is 375 g/mol. The molecule has 0 aliphatic heterocycles. The summed E-state index contributed by atoms with van der Waals surface area (Å²) < 4.78 is 0. The molecule has 0 aliphatic rings. The van der Waals surface area contributed by atoms with Crippen molar-refractivity contribution in [1.82, 2.24) is 15.6 Å². The monoisotopic (exact) mass is 404 g/mol. The van der Waals surface area contributed by atoms with Gasteiger partial charge in [-0.25, -0.2) is 0 Å². The predicted octanol–water partition coefficient (Wildman–Crippen LogP) is 3.72. The fourth-order valence-electron chi connectivity index (χ4n) is 2.05. The summed E-state index contributed by atoms with van der Waals surface area (Å²) in [7, 11) is 1.80. The quantitative estimate of drug-likeness (QED) is 0.301. The average molecular weight is 404 g/mol. The van der Waals surface area contributed by atoms with Crippen LogP contribution in [0.4, 0.5) is 0 Å². The number of pyridine rings is 1. The lowest BCUT2D eigenvalue weighted by atomic mass is 10.1. The molecule has 4 nitrogen and oxygen atoms in total. The third-order valence-electron chi connectivity index (χ3n) is 3.26. The molecule has 0 saturated heterocycles. The summed E-state index contributed by atoms with van der Waals surface area (Å²) in [4.78, 5) is 8.54. The van der Waals surface area contributed by atoms with Crippen molar-refractivity contribution in [3.63, 3.8) is 0 Å². The summed E-state index contributed by atoms with van der Waals surface area (Å²) >= 11 is 0. The Kier molecular flexibility index (Phi) is 12.3. The molecule has 0 bridgehead atoms. The summed E-state index contributed by atoms with van der Waals surface area (Å²) in [5.41, 5.74) is 1.02. The van der Waals surface area contributed by atoms with E-state index < -0.39 is 0 Å². The molecule has 0 spiro atoms. The molecule has 1 aromatic heterocycles. The number of hydrogen-bond donors (Lipinski definition) is 2. The van der Waals surface area contributed by atoms with E-state index in [1.807, 2.05) is 24.4 Å². The van der Waals surface area contributed by atoms with Crippen LogP contribution in [0.5, 0.6) is 0 Å². The van der Waals surface area contributed by atoms with Crippen LogP contribution in [0.2, 0.25) is 0 Å². The highest BCUT2D eigenvalue weighted by Gasteiger charge is 2.05. The van der Waals surface area contributed by atoms with Gasteiger partial charge in [-0.1, -0.05) is 38.7 Å². The Morgan fingerprint density at radius 3 is 2.71 bits per heavy atom. The Hall–Kier alpha value is -0.850. The zero-order chi connectivity index (χ0) is 14.6. The zero-order valence-electron chi connectivity index (χ0n) is 13.4. The fourth-order valence-corrected chi connectivity index (χ4v) is 2.05. The first-order valence-electron chi connectivity index (χ1n) is 7.63. The van der Waals surface area contributed by atoms with Gasteiger partial charge in [-0.3, -0.25) is 9.98 Å². The third-order valence-corrected chi connectivity index (χ3v) is 3.26. The maximum atomic E-state index is 4.29. The van der Waals surface area contributed by atoms with E-state index in [1.54, 1.807) is 7.05 Å².